The Kier molecular flexibility index (Phi) is 3.60. The Balaban J connectivity index is 1.76. The highest BCUT2D eigenvalue weighted by molar-refractivity contribution is 5.85. The summed E-state index contributed by atoms with van der Waals surface area (Å²) in [5, 5.41) is 36.8. The highest BCUT2D eigenvalue weighted by Crippen LogP contribution is 2.38. The van der Waals surface area contributed by atoms with Crippen LogP contribution in [0.2, 0.25) is 0 Å². The highest BCUT2D eigenvalue weighted by Gasteiger charge is 2.38. The average Bonchev–Trinajstić information content (AvgIpc) is 3.45. The zero-order chi connectivity index (χ0) is 20.3. The smallest absolute Gasteiger partial charge is 0.279 e. The van der Waals surface area contributed by atoms with Crippen LogP contribution >= 0.6 is 0 Å². The van der Waals surface area contributed by atoms with Gasteiger partial charge in [0.15, 0.2) is 11.3 Å². The number of fused-ring (bicyclic) bond motifs is 3. The molecule has 1 aliphatic rings. The minimum atomic E-state index is -1.11. The molecule has 9 nitrogen and oxygen atoms in total. The van der Waals surface area contributed by atoms with Crippen LogP contribution in [0.15, 0.2) is 23.0 Å². The number of hydrogen-bond acceptors (Lipinski definition) is 7. The molecule has 1 saturated carbocycles. The number of aromatic nitrogens is 5. The van der Waals surface area contributed by atoms with Crippen molar-refractivity contribution in [2.75, 3.05) is 0 Å². The van der Waals surface area contributed by atoms with Crippen molar-refractivity contribution in [3.05, 3.63) is 46.6 Å². The second-order valence-electron chi connectivity index (χ2n) is 7.26. The van der Waals surface area contributed by atoms with Crippen LogP contribution in [-0.2, 0) is 5.60 Å². The maximum absolute atomic E-state index is 14.0. The number of halogens is 1. The number of aliphatic hydroxyl groups is 1. The standard InChI is InChI=1S/C19H15FN6O3/c1-10-15-14(17-23-18(24-29-17)19(27)6-2-3-7-19)22-9-25(15)13-5-4-12(20)11(8-21)16(13)26(10)28/h4-5,9,27H,2-3,6-7H2,1H3. The van der Waals surface area contributed by atoms with Gasteiger partial charge in [-0.15, -0.1) is 0 Å². The third-order valence-corrected chi connectivity index (χ3v) is 5.57. The molecular weight excluding hydrogens is 379 g/mol. The van der Waals surface area contributed by atoms with E-state index in [0.29, 0.717) is 28.6 Å². The number of nitriles is 1. The van der Waals surface area contributed by atoms with E-state index >= 15 is 0 Å². The SMILES string of the molecule is Cc1c2c(-c3nc(C4(O)CCCC4)no3)ncn2c2ccc(F)c(C#N)c2[n+]1[O-]. The molecule has 1 aliphatic carbocycles. The van der Waals surface area contributed by atoms with Gasteiger partial charge in [-0.1, -0.05) is 5.16 Å². The predicted molar refractivity (Wildman–Crippen MR) is 96.7 cm³/mol. The van der Waals surface area contributed by atoms with Crippen LogP contribution in [0.3, 0.4) is 0 Å². The maximum Gasteiger partial charge on any atom is 0.279 e. The van der Waals surface area contributed by atoms with Gasteiger partial charge in [0.25, 0.3) is 11.4 Å². The van der Waals surface area contributed by atoms with Crippen molar-refractivity contribution in [2.24, 2.45) is 0 Å². The van der Waals surface area contributed by atoms with Crippen LogP contribution in [0, 0.1) is 29.3 Å². The number of aryl methyl sites for hydroxylation is 1. The summed E-state index contributed by atoms with van der Waals surface area (Å²) >= 11 is 0. The van der Waals surface area contributed by atoms with Crippen molar-refractivity contribution in [1.82, 2.24) is 19.5 Å². The van der Waals surface area contributed by atoms with Crippen LogP contribution in [0.1, 0.15) is 42.8 Å². The number of nitrogens with zero attached hydrogens (tertiary/aromatic N) is 6. The molecule has 3 aromatic heterocycles. The van der Waals surface area contributed by atoms with Gasteiger partial charge in [0.05, 0.1) is 0 Å². The highest BCUT2D eigenvalue weighted by atomic mass is 19.1. The van der Waals surface area contributed by atoms with E-state index in [1.54, 1.807) is 17.4 Å². The molecule has 1 fully saturated rings. The van der Waals surface area contributed by atoms with Gasteiger partial charge in [0.1, 0.15) is 34.8 Å². The van der Waals surface area contributed by atoms with E-state index in [0.717, 1.165) is 18.9 Å². The van der Waals surface area contributed by atoms with Crippen LogP contribution in [0.4, 0.5) is 4.39 Å². The molecule has 1 N–H and O–H groups in total. The minimum absolute atomic E-state index is 0.0760. The third-order valence-electron chi connectivity index (χ3n) is 5.57. The monoisotopic (exact) mass is 394 g/mol. The summed E-state index contributed by atoms with van der Waals surface area (Å²) in [5.41, 5.74) is -0.322. The zero-order valence-corrected chi connectivity index (χ0v) is 15.4. The van der Waals surface area contributed by atoms with Gasteiger partial charge in [0, 0.05) is 6.92 Å². The number of benzene rings is 1. The molecular formula is C19H15FN6O3. The van der Waals surface area contributed by atoms with E-state index in [1.807, 2.05) is 0 Å². The molecule has 146 valence electrons. The summed E-state index contributed by atoms with van der Waals surface area (Å²) in [6.45, 7) is 1.54. The van der Waals surface area contributed by atoms with E-state index in [4.69, 9.17) is 4.52 Å². The van der Waals surface area contributed by atoms with Crippen LogP contribution in [0.25, 0.3) is 28.1 Å². The van der Waals surface area contributed by atoms with Gasteiger partial charge in [-0.25, -0.2) is 9.37 Å². The summed E-state index contributed by atoms with van der Waals surface area (Å²) in [4.78, 5) is 8.64. The molecule has 4 aromatic rings. The van der Waals surface area contributed by atoms with Crippen LogP contribution in [-0.4, -0.2) is 24.6 Å². The number of hydrogen-bond donors (Lipinski definition) is 1. The Morgan fingerprint density at radius 2 is 2.14 bits per heavy atom. The summed E-state index contributed by atoms with van der Waals surface area (Å²) in [6, 6.07) is 4.30. The van der Waals surface area contributed by atoms with Crippen molar-refractivity contribution in [3.8, 4) is 17.7 Å². The molecule has 0 unspecified atom stereocenters. The van der Waals surface area contributed by atoms with Gasteiger partial charge in [-0.05, 0) is 37.8 Å². The quantitative estimate of drug-likeness (QED) is 0.408. The average molecular weight is 394 g/mol. The number of rotatable bonds is 2. The van der Waals surface area contributed by atoms with E-state index in [-0.39, 0.29) is 34.2 Å². The van der Waals surface area contributed by atoms with Gasteiger partial charge in [0.2, 0.25) is 11.5 Å². The Labute approximate surface area is 163 Å². The fourth-order valence-electron chi connectivity index (χ4n) is 4.05. The van der Waals surface area contributed by atoms with Crippen LogP contribution in [0.5, 0.6) is 0 Å². The molecule has 0 saturated heterocycles. The minimum Gasteiger partial charge on any atom is -0.618 e. The molecule has 1 aromatic carbocycles. The van der Waals surface area contributed by atoms with Crippen molar-refractivity contribution in [1.29, 1.82) is 5.26 Å². The molecule has 10 heteroatoms. The molecule has 0 atom stereocenters. The summed E-state index contributed by atoms with van der Waals surface area (Å²) in [6.07, 6.45) is 4.33. The Hall–Kier alpha value is -3.58. The summed E-state index contributed by atoms with van der Waals surface area (Å²) in [7, 11) is 0. The Morgan fingerprint density at radius 1 is 1.38 bits per heavy atom. The van der Waals surface area contributed by atoms with E-state index in [2.05, 4.69) is 15.1 Å². The summed E-state index contributed by atoms with van der Waals surface area (Å²) in [5.74, 6) is -0.489. The first-order valence-corrected chi connectivity index (χ1v) is 9.13. The third kappa shape index (κ3) is 2.34. The fourth-order valence-corrected chi connectivity index (χ4v) is 4.05. The lowest BCUT2D eigenvalue weighted by Crippen LogP contribution is -2.33. The summed E-state index contributed by atoms with van der Waals surface area (Å²) < 4.78 is 21.5. The molecule has 0 bridgehead atoms. The zero-order valence-electron chi connectivity index (χ0n) is 15.4. The Bertz CT molecular complexity index is 1330. The largest absolute Gasteiger partial charge is 0.618 e. The van der Waals surface area contributed by atoms with Crippen LogP contribution < -0.4 is 4.73 Å². The fraction of sp³-hybridized carbons (Fsp3) is 0.316. The van der Waals surface area contributed by atoms with Crippen molar-refractivity contribution in [2.45, 2.75) is 38.2 Å². The molecule has 29 heavy (non-hydrogen) atoms. The van der Waals surface area contributed by atoms with E-state index in [9.17, 15) is 20.0 Å². The van der Waals surface area contributed by atoms with Crippen molar-refractivity contribution >= 4 is 16.6 Å². The van der Waals surface area contributed by atoms with E-state index < -0.39 is 11.4 Å². The maximum atomic E-state index is 14.0. The van der Waals surface area contributed by atoms with Gasteiger partial charge >= 0.3 is 0 Å². The molecule has 0 aliphatic heterocycles. The van der Waals surface area contributed by atoms with Crippen molar-refractivity contribution in [3.63, 3.8) is 0 Å². The second-order valence-corrected chi connectivity index (χ2v) is 7.26. The lowest BCUT2D eigenvalue weighted by atomic mass is 10.0. The topological polar surface area (TPSA) is 127 Å². The lowest BCUT2D eigenvalue weighted by Gasteiger charge is -2.16. The first kappa shape index (κ1) is 17.5. The molecule has 3 heterocycles. The van der Waals surface area contributed by atoms with E-state index in [1.165, 1.54) is 12.4 Å². The Morgan fingerprint density at radius 3 is 2.86 bits per heavy atom. The predicted octanol–water partition coefficient (Wildman–Crippen LogP) is 2.25. The number of imidazole rings is 1. The molecule has 0 amide bonds. The molecule has 0 spiro atoms. The normalized spacial score (nSPS) is 15.9. The van der Waals surface area contributed by atoms with Gasteiger partial charge < -0.3 is 14.8 Å². The lowest BCUT2D eigenvalue weighted by molar-refractivity contribution is -0.583. The molecule has 0 radical (unpaired) electrons. The first-order valence-electron chi connectivity index (χ1n) is 9.13. The second kappa shape index (κ2) is 5.96. The first-order chi connectivity index (χ1) is 13.9. The van der Waals surface area contributed by atoms with Gasteiger partial charge in [-0.2, -0.15) is 15.0 Å². The van der Waals surface area contributed by atoms with Gasteiger partial charge in [-0.3, -0.25) is 4.40 Å². The van der Waals surface area contributed by atoms with Crippen molar-refractivity contribution < 1.29 is 18.8 Å². The molecule has 5 rings (SSSR count).